The molecule has 5 rings (SSSR count). The minimum atomic E-state index is -4.63. The highest BCUT2D eigenvalue weighted by atomic mass is 19.4. The largest absolute Gasteiger partial charge is 0.493 e. The smallest absolute Gasteiger partial charge is 0.449 e. The summed E-state index contributed by atoms with van der Waals surface area (Å²) in [4.78, 5) is 16.9. The van der Waals surface area contributed by atoms with Crippen molar-refractivity contribution in [3.63, 3.8) is 0 Å². The number of ether oxygens (including phenoxy) is 4. The van der Waals surface area contributed by atoms with Crippen molar-refractivity contribution in [2.45, 2.75) is 12.7 Å². The number of nitrogens with zero attached hydrogens (tertiary/aromatic N) is 2. The van der Waals surface area contributed by atoms with Gasteiger partial charge in [-0.3, -0.25) is 4.79 Å². The Labute approximate surface area is 220 Å². The van der Waals surface area contributed by atoms with Gasteiger partial charge in [0.25, 0.3) is 0 Å². The van der Waals surface area contributed by atoms with E-state index in [1.165, 1.54) is 39.5 Å². The number of alkyl halides is 3. The number of imidazole rings is 1. The van der Waals surface area contributed by atoms with E-state index in [-0.39, 0.29) is 46.9 Å². The second-order valence-corrected chi connectivity index (χ2v) is 8.41. The zero-order chi connectivity index (χ0) is 27.7. The highest BCUT2D eigenvalue weighted by Gasteiger charge is 2.37. The fraction of sp³-hybridized carbons (Fsp3) is 0.214. The van der Waals surface area contributed by atoms with Gasteiger partial charge in [0, 0.05) is 12.1 Å². The van der Waals surface area contributed by atoms with Crippen LogP contribution < -0.4 is 24.4 Å². The lowest BCUT2D eigenvalue weighted by molar-refractivity contribution is -0.147. The van der Waals surface area contributed by atoms with Crippen LogP contribution in [0, 0.1) is 0 Å². The van der Waals surface area contributed by atoms with Gasteiger partial charge < -0.3 is 27.9 Å². The van der Waals surface area contributed by atoms with Crippen molar-refractivity contribution in [3.05, 3.63) is 76.7 Å². The second-order valence-electron chi connectivity index (χ2n) is 8.41. The molecule has 0 saturated heterocycles. The number of aromatic nitrogens is 2. The number of para-hydroxylation sites is 3. The predicted molar refractivity (Wildman–Crippen MR) is 138 cm³/mol. The van der Waals surface area contributed by atoms with Crippen LogP contribution in [0.4, 0.5) is 13.2 Å². The van der Waals surface area contributed by atoms with E-state index in [2.05, 4.69) is 4.98 Å². The zero-order valence-corrected chi connectivity index (χ0v) is 21.2. The fourth-order valence-electron chi connectivity index (χ4n) is 4.48. The summed E-state index contributed by atoms with van der Waals surface area (Å²) in [5, 5.41) is 0.170. The second kappa shape index (κ2) is 10.2. The molecule has 8 nitrogen and oxygen atoms in total. The first-order valence-corrected chi connectivity index (χ1v) is 11.8. The quantitative estimate of drug-likeness (QED) is 0.241. The topological polar surface area (TPSA) is 85.0 Å². The molecule has 0 aliphatic carbocycles. The Hall–Kier alpha value is -4.67. The van der Waals surface area contributed by atoms with Crippen LogP contribution in [0.2, 0.25) is 0 Å². The van der Waals surface area contributed by atoms with E-state index in [4.69, 9.17) is 23.4 Å². The SMILES string of the molecule is COc1cc2oc(-c3ccccc3OCCn3c(C(F)(F)F)nc4ccccc43)cc(=O)c2c(OC)c1OC. The molecule has 0 spiro atoms. The number of hydrogen-bond acceptors (Lipinski definition) is 7. The van der Waals surface area contributed by atoms with E-state index in [9.17, 15) is 18.0 Å². The Morgan fingerprint density at radius 3 is 2.33 bits per heavy atom. The third-order valence-corrected chi connectivity index (χ3v) is 6.16. The standard InChI is InChI=1S/C28H23F3N2O6/c1-35-23-15-22-24(26(37-3)25(23)36-2)19(34)14-21(39-22)16-8-4-7-11-20(16)38-13-12-33-18-10-6-5-9-17(18)32-27(33)28(29,30)31/h4-11,14-15H,12-13H2,1-3H3. The van der Waals surface area contributed by atoms with Crippen LogP contribution in [0.15, 0.2) is 69.9 Å². The molecule has 0 radical (unpaired) electrons. The Morgan fingerprint density at radius 1 is 0.897 bits per heavy atom. The van der Waals surface area contributed by atoms with Gasteiger partial charge >= 0.3 is 6.18 Å². The molecule has 0 atom stereocenters. The number of hydrogen-bond donors (Lipinski definition) is 0. The minimum Gasteiger partial charge on any atom is -0.493 e. The summed E-state index contributed by atoms with van der Waals surface area (Å²) in [5.41, 5.74) is 0.836. The average molecular weight is 540 g/mol. The van der Waals surface area contributed by atoms with Crippen molar-refractivity contribution in [1.29, 1.82) is 0 Å². The van der Waals surface area contributed by atoms with Gasteiger partial charge in [-0.15, -0.1) is 0 Å². The van der Waals surface area contributed by atoms with E-state index >= 15 is 0 Å². The highest BCUT2D eigenvalue weighted by Crippen LogP contribution is 2.43. The number of fused-ring (bicyclic) bond motifs is 2. The molecule has 202 valence electrons. The molecule has 0 amide bonds. The molecule has 3 aromatic carbocycles. The first-order chi connectivity index (χ1) is 18.8. The van der Waals surface area contributed by atoms with E-state index < -0.39 is 17.4 Å². The monoisotopic (exact) mass is 540 g/mol. The Morgan fingerprint density at radius 2 is 1.62 bits per heavy atom. The number of rotatable bonds is 8. The maximum atomic E-state index is 13.7. The van der Waals surface area contributed by atoms with Crippen molar-refractivity contribution < 1.29 is 36.5 Å². The van der Waals surface area contributed by atoms with Crippen LogP contribution in [0.25, 0.3) is 33.3 Å². The van der Waals surface area contributed by atoms with Crippen molar-refractivity contribution in [2.75, 3.05) is 27.9 Å². The molecular formula is C28H23F3N2O6. The van der Waals surface area contributed by atoms with Crippen molar-refractivity contribution in [3.8, 4) is 34.3 Å². The summed E-state index contributed by atoms with van der Waals surface area (Å²) in [6.45, 7) is -0.212. The zero-order valence-electron chi connectivity index (χ0n) is 21.2. The maximum absolute atomic E-state index is 13.7. The minimum absolute atomic E-state index is 0.100. The van der Waals surface area contributed by atoms with Crippen LogP contribution in [-0.4, -0.2) is 37.5 Å². The first-order valence-electron chi connectivity index (χ1n) is 11.8. The van der Waals surface area contributed by atoms with Crippen molar-refractivity contribution in [1.82, 2.24) is 9.55 Å². The summed E-state index contributed by atoms with van der Waals surface area (Å²) in [7, 11) is 4.28. The van der Waals surface area contributed by atoms with Gasteiger partial charge in [0.1, 0.15) is 29.1 Å². The summed E-state index contributed by atoms with van der Waals surface area (Å²) >= 11 is 0. The Kier molecular flexibility index (Phi) is 6.81. The van der Waals surface area contributed by atoms with E-state index in [1.54, 1.807) is 42.5 Å². The lowest BCUT2D eigenvalue weighted by atomic mass is 10.1. The molecule has 5 aromatic rings. The molecule has 0 fully saturated rings. The Balaban J connectivity index is 1.50. The molecule has 39 heavy (non-hydrogen) atoms. The van der Waals surface area contributed by atoms with Crippen LogP contribution in [0.5, 0.6) is 23.0 Å². The number of benzene rings is 3. The molecule has 0 N–H and O–H groups in total. The fourth-order valence-corrected chi connectivity index (χ4v) is 4.48. The highest BCUT2D eigenvalue weighted by molar-refractivity contribution is 5.90. The molecule has 0 unspecified atom stereocenters. The van der Waals surface area contributed by atoms with Gasteiger partial charge in [-0.05, 0) is 24.3 Å². The molecular weight excluding hydrogens is 517 g/mol. The summed E-state index contributed by atoms with van der Waals surface area (Å²) < 4.78 is 70.2. The lowest BCUT2D eigenvalue weighted by Crippen LogP contribution is -2.18. The van der Waals surface area contributed by atoms with Gasteiger partial charge in [0.15, 0.2) is 16.9 Å². The molecule has 0 saturated carbocycles. The molecule has 0 aliphatic heterocycles. The van der Waals surface area contributed by atoms with Gasteiger partial charge in [-0.2, -0.15) is 13.2 Å². The normalized spacial score (nSPS) is 11.6. The lowest BCUT2D eigenvalue weighted by Gasteiger charge is -2.16. The third-order valence-electron chi connectivity index (χ3n) is 6.16. The third kappa shape index (κ3) is 4.71. The average Bonchev–Trinajstić information content (AvgIpc) is 3.31. The van der Waals surface area contributed by atoms with E-state index in [1.807, 2.05) is 0 Å². The van der Waals surface area contributed by atoms with Crippen molar-refractivity contribution in [2.24, 2.45) is 0 Å². The molecule has 0 bridgehead atoms. The number of halogens is 3. The molecule has 2 heterocycles. The van der Waals surface area contributed by atoms with E-state index in [0.717, 1.165) is 4.57 Å². The molecule has 0 aliphatic rings. The van der Waals surface area contributed by atoms with Crippen LogP contribution in [-0.2, 0) is 12.7 Å². The van der Waals surface area contributed by atoms with Gasteiger partial charge in [0.2, 0.25) is 11.6 Å². The van der Waals surface area contributed by atoms with Gasteiger partial charge in [-0.1, -0.05) is 24.3 Å². The van der Waals surface area contributed by atoms with Crippen LogP contribution >= 0.6 is 0 Å². The van der Waals surface area contributed by atoms with Crippen LogP contribution in [0.3, 0.4) is 0 Å². The predicted octanol–water partition coefficient (Wildman–Crippen LogP) is 5.93. The molecule has 11 heteroatoms. The summed E-state index contributed by atoms with van der Waals surface area (Å²) in [6.07, 6.45) is -4.63. The number of methoxy groups -OCH3 is 3. The van der Waals surface area contributed by atoms with Gasteiger partial charge in [-0.25, -0.2) is 4.98 Å². The van der Waals surface area contributed by atoms with Crippen molar-refractivity contribution >= 4 is 22.0 Å². The summed E-state index contributed by atoms with van der Waals surface area (Å²) in [6, 6.07) is 16.0. The first kappa shape index (κ1) is 26.0. The molecule has 2 aromatic heterocycles. The maximum Gasteiger partial charge on any atom is 0.449 e. The van der Waals surface area contributed by atoms with Crippen LogP contribution in [0.1, 0.15) is 5.82 Å². The summed E-state index contributed by atoms with van der Waals surface area (Å²) in [5.74, 6) is 0.247. The Bertz CT molecular complexity index is 1730. The van der Waals surface area contributed by atoms with E-state index in [0.29, 0.717) is 22.6 Å². The van der Waals surface area contributed by atoms with Gasteiger partial charge in [0.05, 0.1) is 44.5 Å².